The summed E-state index contributed by atoms with van der Waals surface area (Å²) < 4.78 is 25.1. The topological polar surface area (TPSA) is 60.4 Å². The fourth-order valence-corrected chi connectivity index (χ4v) is 4.40. The molecule has 0 fully saturated rings. The summed E-state index contributed by atoms with van der Waals surface area (Å²) >= 11 is 1.68. The summed E-state index contributed by atoms with van der Waals surface area (Å²) in [6.07, 6.45) is 4.82. The van der Waals surface area contributed by atoms with E-state index in [0.29, 0.717) is 28.8 Å². The van der Waals surface area contributed by atoms with Gasteiger partial charge < -0.3 is 14.4 Å². The van der Waals surface area contributed by atoms with Crippen LogP contribution >= 0.6 is 11.8 Å². The minimum absolute atomic E-state index is 0.243. The van der Waals surface area contributed by atoms with Crippen molar-refractivity contribution in [3.05, 3.63) is 79.0 Å². The van der Waals surface area contributed by atoms with Crippen LogP contribution in [0.5, 0.6) is 17.5 Å². The number of pyridine rings is 1. The quantitative estimate of drug-likeness (QED) is 0.402. The summed E-state index contributed by atoms with van der Waals surface area (Å²) in [4.78, 5) is 16.1. The van der Waals surface area contributed by atoms with E-state index in [0.717, 1.165) is 22.1 Å². The highest BCUT2D eigenvalue weighted by molar-refractivity contribution is 7.99. The van der Waals surface area contributed by atoms with Crippen molar-refractivity contribution in [3.8, 4) is 28.8 Å². The molecule has 0 bridgehead atoms. The third-order valence-corrected chi connectivity index (χ3v) is 5.85. The molecule has 0 amide bonds. The van der Waals surface area contributed by atoms with Crippen molar-refractivity contribution in [2.75, 3.05) is 17.9 Å². The van der Waals surface area contributed by atoms with Crippen LogP contribution in [0.15, 0.2) is 78.1 Å². The Hall–Kier alpha value is -3.65. The van der Waals surface area contributed by atoms with Gasteiger partial charge in [-0.2, -0.15) is 0 Å². The number of thioether (sulfide) groups is 1. The van der Waals surface area contributed by atoms with Crippen LogP contribution in [0, 0.1) is 5.82 Å². The fourth-order valence-electron chi connectivity index (χ4n) is 3.36. The zero-order valence-corrected chi connectivity index (χ0v) is 17.3. The molecule has 154 valence electrons. The first-order chi connectivity index (χ1) is 15.2. The Morgan fingerprint density at radius 1 is 0.935 bits per heavy atom. The Bertz CT molecular complexity index is 1240. The molecule has 2 aromatic carbocycles. The van der Waals surface area contributed by atoms with Gasteiger partial charge in [-0.15, -0.1) is 11.8 Å². The predicted molar refractivity (Wildman–Crippen MR) is 118 cm³/mol. The van der Waals surface area contributed by atoms with Gasteiger partial charge in [0.15, 0.2) is 0 Å². The molecule has 0 spiro atoms. The van der Waals surface area contributed by atoms with Gasteiger partial charge in [-0.3, -0.25) is 0 Å². The van der Waals surface area contributed by atoms with Crippen molar-refractivity contribution in [2.45, 2.75) is 4.90 Å². The van der Waals surface area contributed by atoms with Gasteiger partial charge >= 0.3 is 0 Å². The summed E-state index contributed by atoms with van der Waals surface area (Å²) in [7, 11) is 1.56. The van der Waals surface area contributed by atoms with Crippen LogP contribution < -0.4 is 14.4 Å². The maximum absolute atomic E-state index is 13.7. The van der Waals surface area contributed by atoms with E-state index in [1.807, 2.05) is 36.4 Å². The molecule has 0 unspecified atom stereocenters. The molecule has 2 aromatic heterocycles. The molecule has 3 heterocycles. The molecule has 5 rings (SSSR count). The third-order valence-electron chi connectivity index (χ3n) is 4.81. The summed E-state index contributed by atoms with van der Waals surface area (Å²) in [5.74, 6) is 1.90. The summed E-state index contributed by atoms with van der Waals surface area (Å²) in [5.41, 5.74) is 3.06. The largest absolute Gasteiger partial charge is 0.481 e. The van der Waals surface area contributed by atoms with Crippen molar-refractivity contribution >= 4 is 23.1 Å². The number of ether oxygens (including phenoxy) is 2. The highest BCUT2D eigenvalue weighted by atomic mass is 32.2. The highest BCUT2D eigenvalue weighted by Gasteiger charge is 2.22. The number of rotatable bonds is 5. The summed E-state index contributed by atoms with van der Waals surface area (Å²) in [6.45, 7) is 0. The summed E-state index contributed by atoms with van der Waals surface area (Å²) in [6, 6.07) is 16.1. The van der Waals surface area contributed by atoms with Crippen molar-refractivity contribution in [1.29, 1.82) is 0 Å². The Balaban J connectivity index is 1.42. The third kappa shape index (κ3) is 3.77. The van der Waals surface area contributed by atoms with Crippen LogP contribution in [0.25, 0.3) is 11.3 Å². The number of methoxy groups -OCH3 is 1. The van der Waals surface area contributed by atoms with Gasteiger partial charge in [-0.05, 0) is 54.6 Å². The zero-order valence-electron chi connectivity index (χ0n) is 16.5. The molecule has 0 saturated heterocycles. The van der Waals surface area contributed by atoms with Gasteiger partial charge in [0.1, 0.15) is 17.3 Å². The number of benzene rings is 2. The molecule has 0 radical (unpaired) electrons. The molecule has 6 nitrogen and oxygen atoms in total. The van der Waals surface area contributed by atoms with Crippen LogP contribution in [0.2, 0.25) is 0 Å². The van der Waals surface area contributed by atoms with E-state index < -0.39 is 0 Å². The van der Waals surface area contributed by atoms with Crippen LogP contribution in [-0.4, -0.2) is 27.9 Å². The standard InChI is InChI=1S/C23H17FN4O2S/c1-29-22-18(3-2-10-26-22)21-23(27-12-11-25-21)30-17-7-5-16(6-8-17)28-14-31-20-9-4-15(24)13-19(20)28/h2-13H,14H2,1H3. The van der Waals surface area contributed by atoms with Crippen molar-refractivity contribution in [3.63, 3.8) is 0 Å². The number of halogens is 1. The second-order valence-electron chi connectivity index (χ2n) is 6.68. The van der Waals surface area contributed by atoms with Gasteiger partial charge in [-0.25, -0.2) is 19.3 Å². The SMILES string of the molecule is COc1ncccc1-c1nccnc1Oc1ccc(N2CSc3ccc(F)cc32)cc1. The molecule has 4 aromatic rings. The first-order valence-corrected chi connectivity index (χ1v) is 10.5. The fraction of sp³-hybridized carbons (Fsp3) is 0.0870. The number of anilines is 2. The molecule has 0 aliphatic carbocycles. The van der Waals surface area contributed by atoms with Crippen LogP contribution in [-0.2, 0) is 0 Å². The number of hydrogen-bond acceptors (Lipinski definition) is 7. The van der Waals surface area contributed by atoms with Crippen LogP contribution in [0.4, 0.5) is 15.8 Å². The first kappa shape index (κ1) is 19.3. The number of hydrogen-bond donors (Lipinski definition) is 0. The molecular weight excluding hydrogens is 415 g/mol. The Kier molecular flexibility index (Phi) is 5.13. The minimum Gasteiger partial charge on any atom is -0.481 e. The molecule has 1 aliphatic rings. The number of fused-ring (bicyclic) bond motifs is 1. The maximum Gasteiger partial charge on any atom is 0.246 e. The van der Waals surface area contributed by atoms with E-state index in [-0.39, 0.29) is 5.82 Å². The van der Waals surface area contributed by atoms with E-state index in [2.05, 4.69) is 19.9 Å². The first-order valence-electron chi connectivity index (χ1n) is 9.51. The second-order valence-corrected chi connectivity index (χ2v) is 7.67. The Labute approximate surface area is 182 Å². The van der Waals surface area contributed by atoms with Gasteiger partial charge in [0.05, 0.1) is 24.2 Å². The number of aromatic nitrogens is 3. The average Bonchev–Trinajstić information content (AvgIpc) is 3.23. The molecule has 0 N–H and O–H groups in total. The van der Waals surface area contributed by atoms with Gasteiger partial charge in [0.2, 0.25) is 11.8 Å². The van der Waals surface area contributed by atoms with Crippen molar-refractivity contribution < 1.29 is 13.9 Å². The molecule has 8 heteroatoms. The van der Waals surface area contributed by atoms with Crippen molar-refractivity contribution in [2.24, 2.45) is 0 Å². The lowest BCUT2D eigenvalue weighted by molar-refractivity contribution is 0.398. The second kappa shape index (κ2) is 8.23. The Morgan fingerprint density at radius 3 is 2.58 bits per heavy atom. The molecule has 1 aliphatic heterocycles. The van der Waals surface area contributed by atoms with E-state index in [9.17, 15) is 4.39 Å². The number of nitrogens with zero attached hydrogens (tertiary/aromatic N) is 4. The summed E-state index contributed by atoms with van der Waals surface area (Å²) in [5, 5.41) is 0. The van der Waals surface area contributed by atoms with Crippen molar-refractivity contribution in [1.82, 2.24) is 15.0 Å². The van der Waals surface area contributed by atoms with Gasteiger partial charge in [0, 0.05) is 29.2 Å². The van der Waals surface area contributed by atoms with Gasteiger partial charge in [-0.1, -0.05) is 0 Å². The minimum atomic E-state index is -0.243. The van der Waals surface area contributed by atoms with Crippen LogP contribution in [0.3, 0.4) is 0 Å². The Morgan fingerprint density at radius 2 is 1.74 bits per heavy atom. The molecule has 0 saturated carbocycles. The van der Waals surface area contributed by atoms with E-state index in [4.69, 9.17) is 9.47 Å². The lowest BCUT2D eigenvalue weighted by Crippen LogP contribution is -2.11. The smallest absolute Gasteiger partial charge is 0.246 e. The van der Waals surface area contributed by atoms with E-state index >= 15 is 0 Å². The van der Waals surface area contributed by atoms with Gasteiger partial charge in [0.25, 0.3) is 0 Å². The molecule has 31 heavy (non-hydrogen) atoms. The molecule has 0 atom stereocenters. The monoisotopic (exact) mass is 432 g/mol. The highest BCUT2D eigenvalue weighted by Crippen LogP contribution is 2.43. The average molecular weight is 432 g/mol. The lowest BCUT2D eigenvalue weighted by Gasteiger charge is -2.19. The maximum atomic E-state index is 13.7. The predicted octanol–water partition coefficient (Wildman–Crippen LogP) is 5.68. The van der Waals surface area contributed by atoms with E-state index in [1.54, 1.807) is 49.6 Å². The van der Waals surface area contributed by atoms with E-state index in [1.165, 1.54) is 6.07 Å². The lowest BCUT2D eigenvalue weighted by atomic mass is 10.2. The normalized spacial score (nSPS) is 12.5. The zero-order chi connectivity index (χ0) is 21.2. The van der Waals surface area contributed by atoms with Crippen LogP contribution in [0.1, 0.15) is 0 Å². The molecular formula is C23H17FN4O2S.